The molecule has 1 aromatic carbocycles. The van der Waals surface area contributed by atoms with Gasteiger partial charge >= 0.3 is 0 Å². The molecule has 1 aliphatic carbocycles. The third-order valence-corrected chi connectivity index (χ3v) is 4.81. The van der Waals surface area contributed by atoms with Crippen molar-refractivity contribution in [2.75, 3.05) is 7.11 Å². The van der Waals surface area contributed by atoms with E-state index in [1.54, 1.807) is 18.4 Å². The summed E-state index contributed by atoms with van der Waals surface area (Å²) in [6.45, 7) is 0. The Labute approximate surface area is 128 Å². The van der Waals surface area contributed by atoms with E-state index in [4.69, 9.17) is 4.74 Å². The van der Waals surface area contributed by atoms with Crippen LogP contribution in [0.25, 0.3) is 11.6 Å². The summed E-state index contributed by atoms with van der Waals surface area (Å²) in [6, 6.07) is 9.97. The van der Waals surface area contributed by atoms with Crippen LogP contribution >= 0.6 is 11.3 Å². The van der Waals surface area contributed by atoms with Gasteiger partial charge in [-0.1, -0.05) is 12.1 Å². The van der Waals surface area contributed by atoms with Crippen LogP contribution in [-0.2, 0) is 12.8 Å². The van der Waals surface area contributed by atoms with Crippen molar-refractivity contribution in [3.8, 4) is 11.8 Å². The number of methoxy groups -OCH3 is 1. The summed E-state index contributed by atoms with van der Waals surface area (Å²) in [5.74, 6) is 0.815. The molecule has 3 rings (SSSR count). The highest BCUT2D eigenvalue weighted by Gasteiger charge is 2.17. The van der Waals surface area contributed by atoms with E-state index < -0.39 is 0 Å². The standard InChI is InChI=1S/C17H16N2OS/c1-20-14-8-6-12(7-9-14)10-13(11-18)17-19-15-4-2-3-5-16(15)21-17/h6-10H,2-5H2,1H3. The van der Waals surface area contributed by atoms with Gasteiger partial charge < -0.3 is 4.74 Å². The van der Waals surface area contributed by atoms with Crippen LogP contribution in [0.5, 0.6) is 5.75 Å². The van der Waals surface area contributed by atoms with Gasteiger partial charge in [0.25, 0.3) is 0 Å². The predicted molar refractivity (Wildman–Crippen MR) is 85.2 cm³/mol. The first-order chi connectivity index (χ1) is 10.3. The number of allylic oxidation sites excluding steroid dienone is 1. The number of ether oxygens (including phenoxy) is 1. The van der Waals surface area contributed by atoms with E-state index in [-0.39, 0.29) is 0 Å². The molecule has 0 fully saturated rings. The second-order valence-corrected chi connectivity index (χ2v) is 6.12. The maximum absolute atomic E-state index is 9.43. The molecule has 0 radical (unpaired) electrons. The fraction of sp³-hybridized carbons (Fsp3) is 0.294. The molecular weight excluding hydrogens is 280 g/mol. The van der Waals surface area contributed by atoms with Crippen molar-refractivity contribution in [1.82, 2.24) is 4.98 Å². The molecule has 1 heterocycles. The highest BCUT2D eigenvalue weighted by atomic mass is 32.1. The van der Waals surface area contributed by atoms with E-state index in [1.165, 1.54) is 23.4 Å². The van der Waals surface area contributed by atoms with Crippen LogP contribution in [0.15, 0.2) is 24.3 Å². The number of aryl methyl sites for hydroxylation is 2. The number of hydrogen-bond acceptors (Lipinski definition) is 4. The third-order valence-electron chi connectivity index (χ3n) is 3.62. The molecule has 3 nitrogen and oxygen atoms in total. The Morgan fingerprint density at radius 2 is 2.05 bits per heavy atom. The van der Waals surface area contributed by atoms with Crippen LogP contribution in [0.1, 0.15) is 34.0 Å². The van der Waals surface area contributed by atoms with Crippen LogP contribution in [0.4, 0.5) is 0 Å². The maximum Gasteiger partial charge on any atom is 0.134 e. The zero-order valence-corrected chi connectivity index (χ0v) is 12.7. The molecule has 0 amide bonds. The fourth-order valence-corrected chi connectivity index (χ4v) is 3.59. The minimum absolute atomic E-state index is 0.638. The molecule has 1 aromatic heterocycles. The van der Waals surface area contributed by atoms with Gasteiger partial charge in [0, 0.05) is 4.88 Å². The molecule has 0 saturated carbocycles. The van der Waals surface area contributed by atoms with Gasteiger partial charge in [-0.15, -0.1) is 11.3 Å². The molecule has 0 saturated heterocycles. The molecule has 4 heteroatoms. The van der Waals surface area contributed by atoms with E-state index in [2.05, 4.69) is 11.1 Å². The summed E-state index contributed by atoms with van der Waals surface area (Å²) < 4.78 is 5.14. The molecule has 0 aliphatic heterocycles. The Balaban J connectivity index is 1.91. The van der Waals surface area contributed by atoms with Gasteiger partial charge in [-0.3, -0.25) is 0 Å². The number of hydrogen-bond donors (Lipinski definition) is 0. The molecule has 0 N–H and O–H groups in total. The van der Waals surface area contributed by atoms with Crippen LogP contribution in [0.2, 0.25) is 0 Å². The molecule has 1 aliphatic rings. The van der Waals surface area contributed by atoms with Crippen LogP contribution in [0.3, 0.4) is 0 Å². The van der Waals surface area contributed by atoms with Gasteiger partial charge in [0.2, 0.25) is 0 Å². The first-order valence-electron chi connectivity index (χ1n) is 7.05. The highest BCUT2D eigenvalue weighted by Crippen LogP contribution is 2.31. The van der Waals surface area contributed by atoms with Gasteiger partial charge in [-0.2, -0.15) is 5.26 Å². The van der Waals surface area contributed by atoms with Crippen molar-refractivity contribution in [3.63, 3.8) is 0 Å². The van der Waals surface area contributed by atoms with Crippen molar-refractivity contribution in [1.29, 1.82) is 5.26 Å². The lowest BCUT2D eigenvalue weighted by Gasteiger charge is -2.06. The van der Waals surface area contributed by atoms with Gasteiger partial charge in [0.15, 0.2) is 0 Å². The Bertz CT molecular complexity index is 684. The van der Waals surface area contributed by atoms with Crippen LogP contribution in [0, 0.1) is 11.3 Å². The largest absolute Gasteiger partial charge is 0.497 e. The van der Waals surface area contributed by atoms with Crippen molar-refractivity contribution in [3.05, 3.63) is 45.4 Å². The lowest BCUT2D eigenvalue weighted by molar-refractivity contribution is 0.415. The number of nitriles is 1. The summed E-state index contributed by atoms with van der Waals surface area (Å²) in [5, 5.41) is 10.3. The second-order valence-electron chi connectivity index (χ2n) is 5.04. The average Bonchev–Trinajstić information content (AvgIpc) is 2.97. The average molecular weight is 296 g/mol. The number of rotatable bonds is 3. The van der Waals surface area contributed by atoms with E-state index in [0.717, 1.165) is 29.2 Å². The zero-order chi connectivity index (χ0) is 14.7. The topological polar surface area (TPSA) is 45.9 Å². The van der Waals surface area contributed by atoms with Crippen molar-refractivity contribution < 1.29 is 4.74 Å². The lowest BCUT2D eigenvalue weighted by atomic mass is 10.0. The van der Waals surface area contributed by atoms with Crippen LogP contribution < -0.4 is 4.74 Å². The highest BCUT2D eigenvalue weighted by molar-refractivity contribution is 7.13. The van der Waals surface area contributed by atoms with Crippen LogP contribution in [-0.4, -0.2) is 12.1 Å². The summed E-state index contributed by atoms with van der Waals surface area (Å²) in [6.07, 6.45) is 6.49. The van der Waals surface area contributed by atoms with Crippen molar-refractivity contribution >= 4 is 23.0 Å². The number of benzene rings is 1. The second kappa shape index (κ2) is 6.11. The van der Waals surface area contributed by atoms with Crippen molar-refractivity contribution in [2.24, 2.45) is 0 Å². The SMILES string of the molecule is COc1ccc(C=C(C#N)c2nc3c(s2)CCCC3)cc1. The Morgan fingerprint density at radius 3 is 2.71 bits per heavy atom. The number of aromatic nitrogens is 1. The molecule has 106 valence electrons. The monoisotopic (exact) mass is 296 g/mol. The van der Waals surface area contributed by atoms with E-state index in [9.17, 15) is 5.26 Å². The minimum Gasteiger partial charge on any atom is -0.497 e. The quantitative estimate of drug-likeness (QED) is 0.801. The zero-order valence-electron chi connectivity index (χ0n) is 11.9. The van der Waals surface area contributed by atoms with Gasteiger partial charge in [0.1, 0.15) is 16.8 Å². The molecule has 0 spiro atoms. The van der Waals surface area contributed by atoms with Crippen molar-refractivity contribution in [2.45, 2.75) is 25.7 Å². The number of fused-ring (bicyclic) bond motifs is 1. The normalized spacial score (nSPS) is 14.4. The smallest absolute Gasteiger partial charge is 0.134 e. The van der Waals surface area contributed by atoms with Gasteiger partial charge in [0.05, 0.1) is 18.4 Å². The first-order valence-corrected chi connectivity index (χ1v) is 7.86. The Kier molecular flexibility index (Phi) is 4.03. The van der Waals surface area contributed by atoms with E-state index in [1.807, 2.05) is 30.3 Å². The molecule has 0 unspecified atom stereocenters. The number of nitrogens with zero attached hydrogens (tertiary/aromatic N) is 2. The van der Waals surface area contributed by atoms with Gasteiger partial charge in [-0.25, -0.2) is 4.98 Å². The molecular formula is C17H16N2OS. The Morgan fingerprint density at radius 1 is 1.29 bits per heavy atom. The minimum atomic E-state index is 0.638. The summed E-state index contributed by atoms with van der Waals surface area (Å²) in [5.41, 5.74) is 2.82. The molecule has 2 aromatic rings. The third kappa shape index (κ3) is 2.98. The Hall–Kier alpha value is -2.12. The maximum atomic E-state index is 9.43. The lowest BCUT2D eigenvalue weighted by Crippen LogP contribution is -1.99. The van der Waals surface area contributed by atoms with Gasteiger partial charge in [-0.05, 0) is 49.5 Å². The predicted octanol–water partition coefficient (Wildman–Crippen LogP) is 4.09. The molecule has 21 heavy (non-hydrogen) atoms. The fourth-order valence-electron chi connectivity index (χ4n) is 2.48. The molecule has 0 atom stereocenters. The number of thiazole rings is 1. The summed E-state index contributed by atoms with van der Waals surface area (Å²) in [7, 11) is 1.64. The molecule has 0 bridgehead atoms. The first kappa shape index (κ1) is 13.8. The summed E-state index contributed by atoms with van der Waals surface area (Å²) >= 11 is 1.67. The van der Waals surface area contributed by atoms with E-state index >= 15 is 0 Å². The summed E-state index contributed by atoms with van der Waals surface area (Å²) in [4.78, 5) is 6.01. The van der Waals surface area contributed by atoms with E-state index in [0.29, 0.717) is 5.57 Å².